The number of halogens is 2. The van der Waals surface area contributed by atoms with Crippen molar-refractivity contribution >= 4 is 57.6 Å². The third-order valence-corrected chi connectivity index (χ3v) is 7.41. The summed E-state index contributed by atoms with van der Waals surface area (Å²) in [5.74, 6) is -2.27. The number of carboxylic acid groups (broad SMARTS) is 1. The second-order valence-electron chi connectivity index (χ2n) is 9.35. The predicted molar refractivity (Wildman–Crippen MR) is 149 cm³/mol. The number of aromatic nitrogens is 1. The molecule has 3 N–H and O–H groups in total. The molecule has 8 nitrogen and oxygen atoms in total. The van der Waals surface area contributed by atoms with E-state index in [0.717, 1.165) is 16.5 Å². The van der Waals surface area contributed by atoms with Crippen LogP contribution in [0.4, 0.5) is 5.69 Å². The minimum Gasteiger partial charge on any atom is -0.480 e. The molecule has 39 heavy (non-hydrogen) atoms. The molecule has 10 heteroatoms. The molecule has 1 aliphatic heterocycles. The lowest BCUT2D eigenvalue weighted by atomic mass is 9.99. The predicted octanol–water partition coefficient (Wildman–Crippen LogP) is 5.13. The number of anilines is 1. The average molecular weight is 566 g/mol. The molecule has 3 atom stereocenters. The zero-order valence-electron chi connectivity index (χ0n) is 20.9. The highest BCUT2D eigenvalue weighted by Gasteiger charge is 2.37. The van der Waals surface area contributed by atoms with Gasteiger partial charge in [-0.25, -0.2) is 4.79 Å². The maximum atomic E-state index is 13.4. The van der Waals surface area contributed by atoms with Gasteiger partial charge in [0.1, 0.15) is 18.2 Å². The van der Waals surface area contributed by atoms with Crippen molar-refractivity contribution in [3.63, 3.8) is 0 Å². The Morgan fingerprint density at radius 1 is 1.08 bits per heavy atom. The number of likely N-dealkylation sites (N-methyl/N-ethyl adjacent to an activating group) is 1. The number of rotatable bonds is 7. The van der Waals surface area contributed by atoms with Crippen LogP contribution in [0.25, 0.3) is 10.9 Å². The SMILES string of the molecule is CN1C(=O)C(CC(=O)NC(Cc2c[nH]c3ccccc23)C(=O)O)OC(c2ccccc2Cl)c2cc(Cl)ccc21. The number of aliphatic carboxylic acids is 1. The summed E-state index contributed by atoms with van der Waals surface area (Å²) in [5.41, 5.74) is 3.43. The monoisotopic (exact) mass is 565 g/mol. The fourth-order valence-corrected chi connectivity index (χ4v) is 5.29. The van der Waals surface area contributed by atoms with Crippen LogP contribution in [0.3, 0.4) is 0 Å². The second kappa shape index (κ2) is 11.1. The third-order valence-electron chi connectivity index (χ3n) is 6.83. The van der Waals surface area contributed by atoms with Crippen LogP contribution in [0.5, 0.6) is 0 Å². The summed E-state index contributed by atoms with van der Waals surface area (Å²) in [6.07, 6.45) is -0.582. The molecule has 200 valence electrons. The molecule has 0 saturated carbocycles. The van der Waals surface area contributed by atoms with Gasteiger partial charge in [-0.1, -0.05) is 59.6 Å². The van der Waals surface area contributed by atoms with E-state index in [1.807, 2.05) is 24.3 Å². The Kier molecular flexibility index (Phi) is 7.61. The Hall–Kier alpha value is -3.85. The number of hydrogen-bond donors (Lipinski definition) is 3. The molecule has 4 aromatic rings. The van der Waals surface area contributed by atoms with Crippen LogP contribution >= 0.6 is 23.2 Å². The van der Waals surface area contributed by atoms with Crippen molar-refractivity contribution in [2.75, 3.05) is 11.9 Å². The lowest BCUT2D eigenvalue weighted by molar-refractivity contribution is -0.143. The fraction of sp³-hybridized carbons (Fsp3) is 0.207. The van der Waals surface area contributed by atoms with Gasteiger partial charge >= 0.3 is 5.97 Å². The number of para-hydroxylation sites is 1. The molecule has 2 heterocycles. The van der Waals surface area contributed by atoms with Crippen LogP contribution in [-0.2, 0) is 25.5 Å². The normalized spacial score (nSPS) is 17.9. The number of H-pyrrole nitrogens is 1. The van der Waals surface area contributed by atoms with E-state index >= 15 is 0 Å². The van der Waals surface area contributed by atoms with Gasteiger partial charge in [0.25, 0.3) is 5.91 Å². The Balaban J connectivity index is 1.40. The summed E-state index contributed by atoms with van der Waals surface area (Å²) in [6.45, 7) is 0. The number of hydrogen-bond acceptors (Lipinski definition) is 4. The first-order valence-electron chi connectivity index (χ1n) is 12.3. The molecule has 0 saturated heterocycles. The number of carboxylic acids is 1. The second-order valence-corrected chi connectivity index (χ2v) is 10.2. The molecule has 0 radical (unpaired) electrons. The van der Waals surface area contributed by atoms with Gasteiger partial charge in [0.05, 0.1) is 6.42 Å². The summed E-state index contributed by atoms with van der Waals surface area (Å²) in [4.78, 5) is 43.2. The van der Waals surface area contributed by atoms with Crippen LogP contribution in [0.15, 0.2) is 72.9 Å². The molecule has 0 bridgehead atoms. The van der Waals surface area contributed by atoms with E-state index in [-0.39, 0.29) is 12.8 Å². The van der Waals surface area contributed by atoms with Crippen LogP contribution in [0, 0.1) is 0 Å². The number of benzene rings is 3. The zero-order valence-corrected chi connectivity index (χ0v) is 22.4. The van der Waals surface area contributed by atoms with Crippen molar-refractivity contribution in [1.29, 1.82) is 0 Å². The lowest BCUT2D eigenvalue weighted by Gasteiger charge is -2.23. The average Bonchev–Trinajstić information content (AvgIpc) is 3.29. The maximum Gasteiger partial charge on any atom is 0.326 e. The van der Waals surface area contributed by atoms with Crippen molar-refractivity contribution < 1.29 is 24.2 Å². The molecular weight excluding hydrogens is 541 g/mol. The Labute approximate surface area is 234 Å². The van der Waals surface area contributed by atoms with Crippen LogP contribution in [-0.4, -0.2) is 47.1 Å². The van der Waals surface area contributed by atoms with Crippen LogP contribution in [0.1, 0.15) is 29.2 Å². The molecular formula is C29H25Cl2N3O5. The van der Waals surface area contributed by atoms with Crippen molar-refractivity contribution in [2.45, 2.75) is 31.1 Å². The quantitative estimate of drug-likeness (QED) is 0.287. The number of amides is 2. The van der Waals surface area contributed by atoms with Crippen molar-refractivity contribution in [3.05, 3.63) is 99.7 Å². The molecule has 0 aliphatic carbocycles. The molecule has 2 amide bonds. The van der Waals surface area contributed by atoms with E-state index in [0.29, 0.717) is 26.9 Å². The largest absolute Gasteiger partial charge is 0.480 e. The topological polar surface area (TPSA) is 112 Å². The zero-order chi connectivity index (χ0) is 27.7. The fourth-order valence-electron chi connectivity index (χ4n) is 4.88. The van der Waals surface area contributed by atoms with Crippen LogP contribution < -0.4 is 10.2 Å². The maximum absolute atomic E-state index is 13.4. The van der Waals surface area contributed by atoms with Gasteiger partial charge in [-0.3, -0.25) is 9.59 Å². The minimum atomic E-state index is -1.20. The minimum absolute atomic E-state index is 0.0661. The van der Waals surface area contributed by atoms with E-state index in [1.54, 1.807) is 55.7 Å². The molecule has 1 aliphatic rings. The number of ether oxygens (including phenoxy) is 1. The summed E-state index contributed by atoms with van der Waals surface area (Å²) >= 11 is 12.8. The van der Waals surface area contributed by atoms with E-state index in [4.69, 9.17) is 27.9 Å². The first-order valence-corrected chi connectivity index (χ1v) is 13.0. The summed E-state index contributed by atoms with van der Waals surface area (Å²) in [5, 5.41) is 14.2. The molecule has 0 spiro atoms. The van der Waals surface area contributed by atoms with E-state index in [9.17, 15) is 19.5 Å². The number of aromatic amines is 1. The standard InChI is InChI=1S/C29H25Cl2N3O5/c1-34-24-11-10-17(30)13-20(24)27(19-7-2-4-8-21(19)31)39-25(28(34)36)14-26(35)33-23(29(37)38)12-16-15-32-22-9-5-3-6-18(16)22/h2-11,13,15,23,25,27,32H,12,14H2,1H3,(H,33,35)(H,37,38). The smallest absolute Gasteiger partial charge is 0.326 e. The van der Waals surface area contributed by atoms with Gasteiger partial charge < -0.3 is 25.0 Å². The van der Waals surface area contributed by atoms with Gasteiger partial charge in [0, 0.05) is 57.4 Å². The van der Waals surface area contributed by atoms with Gasteiger partial charge in [-0.15, -0.1) is 0 Å². The Morgan fingerprint density at radius 2 is 1.82 bits per heavy atom. The molecule has 0 fully saturated rings. The Bertz CT molecular complexity index is 1570. The van der Waals surface area contributed by atoms with Gasteiger partial charge in [0.15, 0.2) is 0 Å². The first-order chi connectivity index (χ1) is 18.7. The van der Waals surface area contributed by atoms with E-state index < -0.39 is 36.0 Å². The molecule has 1 aromatic heterocycles. The van der Waals surface area contributed by atoms with Gasteiger partial charge in [0.2, 0.25) is 5.91 Å². The highest BCUT2D eigenvalue weighted by atomic mass is 35.5. The highest BCUT2D eigenvalue weighted by Crippen LogP contribution is 2.41. The first kappa shape index (κ1) is 26.7. The number of nitrogens with one attached hydrogen (secondary N) is 2. The Morgan fingerprint density at radius 3 is 2.59 bits per heavy atom. The molecule has 3 unspecified atom stereocenters. The van der Waals surface area contributed by atoms with Crippen molar-refractivity contribution in [1.82, 2.24) is 10.3 Å². The highest BCUT2D eigenvalue weighted by molar-refractivity contribution is 6.31. The molecule has 5 rings (SSSR count). The number of fused-ring (bicyclic) bond motifs is 2. The summed E-state index contributed by atoms with van der Waals surface area (Å²) in [6, 6.07) is 18.5. The number of carbonyl (C=O) groups excluding carboxylic acids is 2. The summed E-state index contributed by atoms with van der Waals surface area (Å²) in [7, 11) is 1.59. The van der Waals surface area contributed by atoms with Crippen molar-refractivity contribution in [3.8, 4) is 0 Å². The van der Waals surface area contributed by atoms with Gasteiger partial charge in [-0.2, -0.15) is 0 Å². The third kappa shape index (κ3) is 5.49. The van der Waals surface area contributed by atoms with E-state index in [1.165, 1.54) is 4.90 Å². The lowest BCUT2D eigenvalue weighted by Crippen LogP contribution is -2.45. The van der Waals surface area contributed by atoms with Crippen LogP contribution in [0.2, 0.25) is 10.0 Å². The molecule has 3 aromatic carbocycles. The number of nitrogens with zero attached hydrogens (tertiary/aromatic N) is 1. The van der Waals surface area contributed by atoms with E-state index in [2.05, 4.69) is 10.3 Å². The number of carbonyl (C=O) groups is 3. The van der Waals surface area contributed by atoms with Crippen molar-refractivity contribution in [2.24, 2.45) is 0 Å². The van der Waals surface area contributed by atoms with Gasteiger partial charge in [-0.05, 0) is 35.9 Å². The summed E-state index contributed by atoms with van der Waals surface area (Å²) < 4.78 is 6.27.